The summed E-state index contributed by atoms with van der Waals surface area (Å²) < 4.78 is 0. The molecule has 1 spiro atoms. The zero-order valence-corrected chi connectivity index (χ0v) is 11.1. The smallest absolute Gasteiger partial charge is 0.119 e. The summed E-state index contributed by atoms with van der Waals surface area (Å²) in [4.78, 5) is 0. The molecule has 1 saturated carbocycles. The van der Waals surface area contributed by atoms with Crippen molar-refractivity contribution in [2.45, 2.75) is 46.0 Å². The molecule has 1 heteroatoms. The third-order valence-electron chi connectivity index (χ3n) is 4.82. The van der Waals surface area contributed by atoms with Crippen molar-refractivity contribution in [2.24, 2.45) is 5.41 Å². The lowest BCUT2D eigenvalue weighted by molar-refractivity contribution is 0.469. The van der Waals surface area contributed by atoms with Crippen LogP contribution in [0.5, 0.6) is 5.75 Å². The van der Waals surface area contributed by atoms with Crippen molar-refractivity contribution in [2.75, 3.05) is 0 Å². The van der Waals surface area contributed by atoms with Gasteiger partial charge in [0, 0.05) is 11.0 Å². The third-order valence-corrected chi connectivity index (χ3v) is 4.82. The Kier molecular flexibility index (Phi) is 1.89. The standard InChI is InChI=1S/C16H20O/c1-10(2)13-8-11-12(6-5-7-14(11)17)16(13)9-15(16,3)4/h5-7,17H,8-9H2,1-4H3. The first-order chi connectivity index (χ1) is 7.90. The summed E-state index contributed by atoms with van der Waals surface area (Å²) in [5.41, 5.74) is 6.07. The lowest BCUT2D eigenvalue weighted by atomic mass is 9.84. The highest BCUT2D eigenvalue weighted by Gasteiger charge is 2.66. The molecule has 1 unspecified atom stereocenters. The molecule has 0 saturated heterocycles. The van der Waals surface area contributed by atoms with Gasteiger partial charge in [0.15, 0.2) is 0 Å². The molecule has 90 valence electrons. The van der Waals surface area contributed by atoms with Gasteiger partial charge >= 0.3 is 0 Å². The number of benzene rings is 1. The van der Waals surface area contributed by atoms with E-state index in [9.17, 15) is 5.11 Å². The van der Waals surface area contributed by atoms with E-state index in [4.69, 9.17) is 0 Å². The van der Waals surface area contributed by atoms with Crippen molar-refractivity contribution in [3.8, 4) is 5.75 Å². The average molecular weight is 228 g/mol. The lowest BCUT2D eigenvalue weighted by Crippen LogP contribution is -2.13. The monoisotopic (exact) mass is 228 g/mol. The van der Waals surface area contributed by atoms with Crippen LogP contribution in [0.2, 0.25) is 0 Å². The Labute approximate surface area is 103 Å². The summed E-state index contributed by atoms with van der Waals surface area (Å²) in [6.07, 6.45) is 2.16. The fourth-order valence-electron chi connectivity index (χ4n) is 3.85. The molecular weight excluding hydrogens is 208 g/mol. The Hall–Kier alpha value is -1.24. The molecule has 1 N–H and O–H groups in total. The maximum Gasteiger partial charge on any atom is 0.119 e. The number of allylic oxidation sites excluding steroid dienone is 2. The maximum atomic E-state index is 10.0. The fourth-order valence-corrected chi connectivity index (χ4v) is 3.85. The number of hydrogen-bond acceptors (Lipinski definition) is 1. The predicted molar refractivity (Wildman–Crippen MR) is 70.3 cm³/mol. The lowest BCUT2D eigenvalue weighted by Gasteiger charge is -2.19. The van der Waals surface area contributed by atoms with Crippen LogP contribution in [-0.4, -0.2) is 5.11 Å². The Morgan fingerprint density at radius 2 is 1.88 bits per heavy atom. The van der Waals surface area contributed by atoms with Gasteiger partial charge in [-0.3, -0.25) is 0 Å². The predicted octanol–water partition coefficient (Wildman–Crippen LogP) is 3.95. The molecule has 0 radical (unpaired) electrons. The summed E-state index contributed by atoms with van der Waals surface area (Å²) in [6, 6.07) is 6.01. The Balaban J connectivity index is 2.28. The molecule has 1 aromatic carbocycles. The minimum Gasteiger partial charge on any atom is -0.508 e. The van der Waals surface area contributed by atoms with Crippen molar-refractivity contribution in [1.82, 2.24) is 0 Å². The molecule has 0 amide bonds. The largest absolute Gasteiger partial charge is 0.508 e. The van der Waals surface area contributed by atoms with E-state index in [-0.39, 0.29) is 5.41 Å². The molecule has 0 aromatic heterocycles. The van der Waals surface area contributed by atoms with Crippen LogP contribution in [0.1, 0.15) is 45.2 Å². The number of phenolic OH excluding ortho intramolecular Hbond substituents is 1. The van der Waals surface area contributed by atoms with E-state index in [1.807, 2.05) is 12.1 Å². The first-order valence-electron chi connectivity index (χ1n) is 6.38. The first kappa shape index (κ1) is 10.9. The van der Waals surface area contributed by atoms with Crippen LogP contribution in [0, 0.1) is 5.41 Å². The second-order valence-electron chi connectivity index (χ2n) is 6.42. The van der Waals surface area contributed by atoms with Gasteiger partial charge in [0.25, 0.3) is 0 Å². The summed E-state index contributed by atoms with van der Waals surface area (Å²) >= 11 is 0. The van der Waals surface area contributed by atoms with Crippen molar-refractivity contribution in [3.63, 3.8) is 0 Å². The van der Waals surface area contributed by atoms with Gasteiger partial charge in [0.05, 0.1) is 0 Å². The van der Waals surface area contributed by atoms with Gasteiger partial charge in [-0.05, 0) is 43.7 Å². The van der Waals surface area contributed by atoms with Crippen LogP contribution in [0.25, 0.3) is 0 Å². The van der Waals surface area contributed by atoms with Crippen LogP contribution < -0.4 is 0 Å². The maximum absolute atomic E-state index is 10.0. The highest BCUT2D eigenvalue weighted by molar-refractivity contribution is 5.62. The zero-order valence-electron chi connectivity index (χ0n) is 11.1. The van der Waals surface area contributed by atoms with Crippen LogP contribution in [0.3, 0.4) is 0 Å². The van der Waals surface area contributed by atoms with E-state index in [0.29, 0.717) is 11.2 Å². The first-order valence-corrected chi connectivity index (χ1v) is 6.38. The highest BCUT2D eigenvalue weighted by atomic mass is 16.3. The Bertz CT molecular complexity index is 532. The molecule has 0 aliphatic heterocycles. The molecule has 1 atom stereocenters. The fraction of sp³-hybridized carbons (Fsp3) is 0.500. The highest BCUT2D eigenvalue weighted by Crippen LogP contribution is 2.72. The molecule has 17 heavy (non-hydrogen) atoms. The van der Waals surface area contributed by atoms with Gasteiger partial charge in [-0.2, -0.15) is 0 Å². The van der Waals surface area contributed by atoms with E-state index >= 15 is 0 Å². The van der Waals surface area contributed by atoms with Crippen LogP contribution in [-0.2, 0) is 11.8 Å². The number of fused-ring (bicyclic) bond motifs is 2. The molecule has 0 heterocycles. The molecular formula is C16H20O. The summed E-state index contributed by atoms with van der Waals surface area (Å²) in [5, 5.41) is 10.0. The molecule has 2 aliphatic carbocycles. The van der Waals surface area contributed by atoms with Crippen molar-refractivity contribution >= 4 is 0 Å². The number of hydrogen-bond donors (Lipinski definition) is 1. The zero-order chi connectivity index (χ0) is 12.4. The van der Waals surface area contributed by atoms with E-state index in [1.54, 1.807) is 5.57 Å². The van der Waals surface area contributed by atoms with Crippen LogP contribution in [0.15, 0.2) is 29.3 Å². The number of phenols is 1. The SMILES string of the molecule is CC(C)=C1Cc2c(O)cccc2C12CC2(C)C. The third kappa shape index (κ3) is 1.15. The molecule has 1 aromatic rings. The summed E-state index contributed by atoms with van der Waals surface area (Å²) in [6.45, 7) is 9.09. The van der Waals surface area contributed by atoms with Gasteiger partial charge in [-0.15, -0.1) is 0 Å². The van der Waals surface area contributed by atoms with E-state index < -0.39 is 0 Å². The average Bonchev–Trinajstić information content (AvgIpc) is 2.65. The van der Waals surface area contributed by atoms with Gasteiger partial charge in [-0.25, -0.2) is 0 Å². The van der Waals surface area contributed by atoms with E-state index in [2.05, 4.69) is 33.8 Å². The Morgan fingerprint density at radius 1 is 1.24 bits per heavy atom. The molecule has 1 nitrogen and oxygen atoms in total. The van der Waals surface area contributed by atoms with Crippen LogP contribution in [0.4, 0.5) is 0 Å². The van der Waals surface area contributed by atoms with Gasteiger partial charge in [0.1, 0.15) is 5.75 Å². The minimum atomic E-state index is 0.222. The van der Waals surface area contributed by atoms with Gasteiger partial charge in [-0.1, -0.05) is 37.1 Å². The van der Waals surface area contributed by atoms with Crippen LogP contribution >= 0.6 is 0 Å². The van der Waals surface area contributed by atoms with Gasteiger partial charge in [0.2, 0.25) is 0 Å². The molecule has 2 aliphatic rings. The topological polar surface area (TPSA) is 20.2 Å². The summed E-state index contributed by atoms with van der Waals surface area (Å²) in [5.74, 6) is 0.473. The Morgan fingerprint density at radius 3 is 2.41 bits per heavy atom. The minimum absolute atomic E-state index is 0.222. The van der Waals surface area contributed by atoms with Gasteiger partial charge < -0.3 is 5.11 Å². The second kappa shape index (κ2) is 2.95. The summed E-state index contributed by atoms with van der Waals surface area (Å²) in [7, 11) is 0. The van der Waals surface area contributed by atoms with E-state index in [1.165, 1.54) is 17.6 Å². The van der Waals surface area contributed by atoms with Crippen molar-refractivity contribution in [1.29, 1.82) is 0 Å². The molecule has 0 bridgehead atoms. The second-order valence-corrected chi connectivity index (χ2v) is 6.42. The van der Waals surface area contributed by atoms with Crippen molar-refractivity contribution < 1.29 is 5.11 Å². The van der Waals surface area contributed by atoms with E-state index in [0.717, 1.165) is 12.0 Å². The number of aromatic hydroxyl groups is 1. The quantitative estimate of drug-likeness (QED) is 0.666. The normalized spacial score (nSPS) is 28.4. The molecule has 1 fully saturated rings. The number of rotatable bonds is 0. The van der Waals surface area contributed by atoms with Crippen molar-refractivity contribution in [3.05, 3.63) is 40.5 Å². The molecule has 3 rings (SSSR count).